The summed E-state index contributed by atoms with van der Waals surface area (Å²) in [7, 11) is 0. The van der Waals surface area contributed by atoms with Gasteiger partial charge in [0.15, 0.2) is 0 Å². The van der Waals surface area contributed by atoms with Gasteiger partial charge >= 0.3 is 0 Å². The fourth-order valence-corrected chi connectivity index (χ4v) is 2.18. The molecule has 13 heavy (non-hydrogen) atoms. The van der Waals surface area contributed by atoms with Gasteiger partial charge in [0.05, 0.1) is 11.1 Å². The Balaban J connectivity index is 2.49. The molecule has 0 fully saturated rings. The maximum Gasteiger partial charge on any atom is 0.136 e. The Morgan fingerprint density at radius 3 is 3.00 bits per heavy atom. The highest BCUT2D eigenvalue weighted by atomic mass is 79.9. The summed E-state index contributed by atoms with van der Waals surface area (Å²) in [5, 5.41) is 0. The van der Waals surface area contributed by atoms with Gasteiger partial charge in [-0.3, -0.25) is 0 Å². The third kappa shape index (κ3) is 1.58. The molecular weight excluding hydrogens is 230 g/mol. The minimum absolute atomic E-state index is 0.0854. The summed E-state index contributed by atoms with van der Waals surface area (Å²) in [6, 6.07) is 4.26. The summed E-state index contributed by atoms with van der Waals surface area (Å²) < 4.78 is 6.50. The molecule has 0 spiro atoms. The van der Waals surface area contributed by atoms with Crippen molar-refractivity contribution in [2.75, 3.05) is 6.61 Å². The van der Waals surface area contributed by atoms with E-state index in [1.807, 2.05) is 13.0 Å². The van der Waals surface area contributed by atoms with Gasteiger partial charge in [-0.1, -0.05) is 6.07 Å². The van der Waals surface area contributed by atoms with Crippen molar-refractivity contribution in [2.45, 2.75) is 19.4 Å². The number of rotatable bonds is 1. The average Bonchev–Trinajstić information content (AvgIpc) is 2.51. The third-order valence-electron chi connectivity index (χ3n) is 2.29. The SMILES string of the molecule is C[C@@H](N)c1cc(Br)c2c(c1)CCO2. The third-order valence-corrected chi connectivity index (χ3v) is 2.88. The molecule has 0 saturated heterocycles. The largest absolute Gasteiger partial charge is 0.492 e. The van der Waals surface area contributed by atoms with Gasteiger partial charge in [-0.05, 0) is 40.0 Å². The van der Waals surface area contributed by atoms with Gasteiger partial charge in [0.25, 0.3) is 0 Å². The number of benzene rings is 1. The number of nitrogens with two attached hydrogens (primary N) is 1. The van der Waals surface area contributed by atoms with Gasteiger partial charge in [-0.25, -0.2) is 0 Å². The van der Waals surface area contributed by atoms with E-state index in [-0.39, 0.29) is 6.04 Å². The molecule has 2 nitrogen and oxygen atoms in total. The van der Waals surface area contributed by atoms with Crippen LogP contribution in [0.25, 0.3) is 0 Å². The standard InChI is InChI=1S/C10H12BrNO/c1-6(12)8-4-7-2-3-13-10(7)9(11)5-8/h4-6H,2-3,12H2,1H3/t6-/m1/s1. The molecule has 0 amide bonds. The number of hydrogen-bond donors (Lipinski definition) is 1. The summed E-state index contributed by atoms with van der Waals surface area (Å²) in [4.78, 5) is 0. The molecule has 0 saturated carbocycles. The van der Waals surface area contributed by atoms with Gasteiger partial charge < -0.3 is 10.5 Å². The zero-order chi connectivity index (χ0) is 9.42. The highest BCUT2D eigenvalue weighted by molar-refractivity contribution is 9.10. The molecule has 1 aromatic rings. The van der Waals surface area contributed by atoms with E-state index in [2.05, 4.69) is 22.0 Å². The quantitative estimate of drug-likeness (QED) is 0.820. The van der Waals surface area contributed by atoms with Crippen molar-refractivity contribution < 1.29 is 4.74 Å². The summed E-state index contributed by atoms with van der Waals surface area (Å²) in [5.41, 5.74) is 8.24. The molecule has 0 aromatic heterocycles. The summed E-state index contributed by atoms with van der Waals surface area (Å²) in [6.45, 7) is 2.78. The second-order valence-electron chi connectivity index (χ2n) is 3.38. The number of fused-ring (bicyclic) bond motifs is 1. The molecule has 0 unspecified atom stereocenters. The molecule has 1 heterocycles. The second kappa shape index (κ2) is 3.31. The molecule has 3 heteroatoms. The first-order valence-corrected chi connectivity index (χ1v) is 5.18. The fraction of sp³-hybridized carbons (Fsp3) is 0.400. The summed E-state index contributed by atoms with van der Waals surface area (Å²) in [6.07, 6.45) is 0.995. The van der Waals surface area contributed by atoms with Crippen molar-refractivity contribution in [3.8, 4) is 5.75 Å². The van der Waals surface area contributed by atoms with Crippen LogP contribution in [0.3, 0.4) is 0 Å². The van der Waals surface area contributed by atoms with Crippen LogP contribution in [0.1, 0.15) is 24.1 Å². The molecule has 0 radical (unpaired) electrons. The van der Waals surface area contributed by atoms with Crippen molar-refractivity contribution in [3.05, 3.63) is 27.7 Å². The highest BCUT2D eigenvalue weighted by Gasteiger charge is 2.17. The van der Waals surface area contributed by atoms with Crippen LogP contribution >= 0.6 is 15.9 Å². The van der Waals surface area contributed by atoms with Crippen molar-refractivity contribution in [1.82, 2.24) is 0 Å². The molecule has 2 rings (SSSR count). The highest BCUT2D eigenvalue weighted by Crippen LogP contribution is 2.35. The van der Waals surface area contributed by atoms with Gasteiger partial charge in [-0.15, -0.1) is 0 Å². The van der Waals surface area contributed by atoms with Gasteiger partial charge in [-0.2, -0.15) is 0 Å². The van der Waals surface area contributed by atoms with Crippen LogP contribution in [-0.4, -0.2) is 6.61 Å². The molecule has 1 atom stereocenters. The van der Waals surface area contributed by atoms with E-state index in [0.717, 1.165) is 28.8 Å². The Bertz CT molecular complexity index is 336. The van der Waals surface area contributed by atoms with Crippen molar-refractivity contribution in [1.29, 1.82) is 0 Å². The zero-order valence-electron chi connectivity index (χ0n) is 7.51. The van der Waals surface area contributed by atoms with E-state index in [4.69, 9.17) is 10.5 Å². The van der Waals surface area contributed by atoms with Crippen LogP contribution < -0.4 is 10.5 Å². The normalized spacial score (nSPS) is 16.5. The minimum atomic E-state index is 0.0854. The molecule has 0 aliphatic carbocycles. The van der Waals surface area contributed by atoms with Gasteiger partial charge in [0.2, 0.25) is 0 Å². The Kier molecular flexibility index (Phi) is 2.30. The fourth-order valence-electron chi connectivity index (χ4n) is 1.55. The number of halogens is 1. The lowest BCUT2D eigenvalue weighted by atomic mass is 10.0. The molecule has 1 aromatic carbocycles. The first-order chi connectivity index (χ1) is 6.18. The van der Waals surface area contributed by atoms with E-state index in [0.29, 0.717) is 0 Å². The monoisotopic (exact) mass is 241 g/mol. The first kappa shape index (κ1) is 9.03. The van der Waals surface area contributed by atoms with E-state index >= 15 is 0 Å². The van der Waals surface area contributed by atoms with Crippen LogP contribution in [0.2, 0.25) is 0 Å². The van der Waals surface area contributed by atoms with Crippen molar-refractivity contribution in [3.63, 3.8) is 0 Å². The van der Waals surface area contributed by atoms with E-state index in [1.54, 1.807) is 0 Å². The molecule has 2 N–H and O–H groups in total. The lowest BCUT2D eigenvalue weighted by Gasteiger charge is -2.09. The van der Waals surface area contributed by atoms with E-state index < -0.39 is 0 Å². The van der Waals surface area contributed by atoms with Gasteiger partial charge in [0.1, 0.15) is 5.75 Å². The summed E-state index contributed by atoms with van der Waals surface area (Å²) >= 11 is 3.49. The van der Waals surface area contributed by atoms with E-state index in [1.165, 1.54) is 5.56 Å². The minimum Gasteiger partial charge on any atom is -0.492 e. The molecule has 70 valence electrons. The van der Waals surface area contributed by atoms with Crippen molar-refractivity contribution in [2.24, 2.45) is 5.73 Å². The Morgan fingerprint density at radius 2 is 2.31 bits per heavy atom. The second-order valence-corrected chi connectivity index (χ2v) is 4.23. The Labute approximate surface area is 86.2 Å². The first-order valence-electron chi connectivity index (χ1n) is 4.39. The molecule has 1 aliphatic rings. The van der Waals surface area contributed by atoms with Crippen LogP contribution in [0.15, 0.2) is 16.6 Å². The maximum absolute atomic E-state index is 5.82. The van der Waals surface area contributed by atoms with Crippen LogP contribution in [0.5, 0.6) is 5.75 Å². The topological polar surface area (TPSA) is 35.2 Å². The van der Waals surface area contributed by atoms with Crippen LogP contribution in [0, 0.1) is 0 Å². The molecule has 0 bridgehead atoms. The lowest BCUT2D eigenvalue weighted by Crippen LogP contribution is -2.05. The van der Waals surface area contributed by atoms with Crippen LogP contribution in [0.4, 0.5) is 0 Å². The summed E-state index contributed by atoms with van der Waals surface area (Å²) in [5.74, 6) is 0.990. The zero-order valence-corrected chi connectivity index (χ0v) is 9.10. The van der Waals surface area contributed by atoms with E-state index in [9.17, 15) is 0 Å². The lowest BCUT2D eigenvalue weighted by molar-refractivity contribution is 0.355. The predicted molar refractivity (Wildman–Crippen MR) is 55.9 cm³/mol. The van der Waals surface area contributed by atoms with Crippen molar-refractivity contribution >= 4 is 15.9 Å². The smallest absolute Gasteiger partial charge is 0.136 e. The van der Waals surface area contributed by atoms with Gasteiger partial charge in [0, 0.05) is 12.5 Å². The van der Waals surface area contributed by atoms with Crippen LogP contribution in [-0.2, 0) is 6.42 Å². The Morgan fingerprint density at radius 1 is 1.54 bits per heavy atom. The maximum atomic E-state index is 5.82. The predicted octanol–water partition coefficient (Wildman–Crippen LogP) is 2.40. The number of hydrogen-bond acceptors (Lipinski definition) is 2. The number of ether oxygens (including phenoxy) is 1. The molecular formula is C10H12BrNO. The Hall–Kier alpha value is -0.540. The molecule has 1 aliphatic heterocycles. The average molecular weight is 242 g/mol.